The van der Waals surface area contributed by atoms with Crippen LogP contribution in [0.5, 0.6) is 0 Å². The monoisotopic (exact) mass is 261 g/mol. The van der Waals surface area contributed by atoms with E-state index in [1.54, 1.807) is 0 Å². The van der Waals surface area contributed by atoms with Gasteiger partial charge in [-0.15, -0.1) is 0 Å². The Morgan fingerprint density at radius 3 is 2.83 bits per heavy atom. The summed E-state index contributed by atoms with van der Waals surface area (Å²) < 4.78 is 41.8. The molecule has 2 unspecified atom stereocenters. The average molecular weight is 261 g/mol. The summed E-state index contributed by atoms with van der Waals surface area (Å²) in [5, 5.41) is 11.6. The van der Waals surface area contributed by atoms with Gasteiger partial charge in [0.15, 0.2) is 6.10 Å². The van der Waals surface area contributed by atoms with Crippen LogP contribution in [0, 0.1) is 0 Å². The molecule has 0 fully saturated rings. The van der Waals surface area contributed by atoms with Gasteiger partial charge in [0.05, 0.1) is 19.3 Å². The smallest absolute Gasteiger partial charge is 0.382 e. The Bertz CT molecular complexity index is 409. The van der Waals surface area contributed by atoms with E-state index < -0.39 is 18.8 Å². The van der Waals surface area contributed by atoms with Crippen LogP contribution in [0.1, 0.15) is 17.2 Å². The third-order valence-corrected chi connectivity index (χ3v) is 2.91. The number of hydrogen-bond acceptors (Lipinski definition) is 3. The molecular formula is C12H14F3NO2. The van der Waals surface area contributed by atoms with Crippen LogP contribution in [0.2, 0.25) is 0 Å². The van der Waals surface area contributed by atoms with Crippen molar-refractivity contribution in [1.82, 2.24) is 5.32 Å². The number of aliphatic hydroxyl groups is 1. The summed E-state index contributed by atoms with van der Waals surface area (Å²) in [6.45, 7) is 0.240. The van der Waals surface area contributed by atoms with Crippen LogP contribution in [-0.2, 0) is 11.3 Å². The first kappa shape index (κ1) is 13.3. The van der Waals surface area contributed by atoms with E-state index in [0.717, 1.165) is 11.1 Å². The van der Waals surface area contributed by atoms with Gasteiger partial charge in [-0.2, -0.15) is 13.2 Å². The van der Waals surface area contributed by atoms with E-state index in [1.165, 1.54) is 0 Å². The van der Waals surface area contributed by atoms with E-state index in [0.29, 0.717) is 13.2 Å². The highest BCUT2D eigenvalue weighted by Crippen LogP contribution is 2.25. The third kappa shape index (κ3) is 3.01. The SMILES string of the molecule is OC(CNC1COCc2ccccc21)C(F)(F)F. The van der Waals surface area contributed by atoms with Crippen molar-refractivity contribution in [3.63, 3.8) is 0 Å². The standard InChI is InChI=1S/C12H14F3NO2/c13-12(14,15)11(17)5-16-10-7-18-6-8-3-1-2-4-9(8)10/h1-4,10-11,16-17H,5-7H2. The van der Waals surface area contributed by atoms with Crippen molar-refractivity contribution in [3.05, 3.63) is 35.4 Å². The lowest BCUT2D eigenvalue weighted by Crippen LogP contribution is -2.41. The van der Waals surface area contributed by atoms with E-state index in [2.05, 4.69) is 5.32 Å². The lowest BCUT2D eigenvalue weighted by molar-refractivity contribution is -0.202. The molecule has 0 saturated heterocycles. The number of fused-ring (bicyclic) bond motifs is 1. The van der Waals surface area contributed by atoms with E-state index in [-0.39, 0.29) is 6.04 Å². The zero-order chi connectivity index (χ0) is 13.2. The molecule has 1 aromatic carbocycles. The largest absolute Gasteiger partial charge is 0.415 e. The molecular weight excluding hydrogens is 247 g/mol. The van der Waals surface area contributed by atoms with E-state index in [9.17, 15) is 13.2 Å². The van der Waals surface area contributed by atoms with Crippen LogP contribution in [0.15, 0.2) is 24.3 Å². The van der Waals surface area contributed by atoms with Crippen molar-refractivity contribution >= 4 is 0 Å². The van der Waals surface area contributed by atoms with Gasteiger partial charge >= 0.3 is 6.18 Å². The fourth-order valence-corrected chi connectivity index (χ4v) is 1.92. The molecule has 1 aromatic rings. The van der Waals surface area contributed by atoms with Gasteiger partial charge in [0.1, 0.15) is 0 Å². The Morgan fingerprint density at radius 2 is 2.11 bits per heavy atom. The Hall–Kier alpha value is -1.11. The summed E-state index contributed by atoms with van der Waals surface area (Å²) in [4.78, 5) is 0. The molecule has 2 atom stereocenters. The summed E-state index contributed by atoms with van der Waals surface area (Å²) in [6.07, 6.45) is -6.95. The molecule has 0 saturated carbocycles. The summed E-state index contributed by atoms with van der Waals surface area (Å²) in [6, 6.07) is 7.11. The average Bonchev–Trinajstić information content (AvgIpc) is 2.34. The van der Waals surface area contributed by atoms with Crippen LogP contribution in [0.3, 0.4) is 0 Å². The Kier molecular flexibility index (Phi) is 3.89. The molecule has 1 aliphatic rings. The van der Waals surface area contributed by atoms with Crippen molar-refractivity contribution in [2.75, 3.05) is 13.2 Å². The second-order valence-electron chi connectivity index (χ2n) is 4.23. The predicted octanol–water partition coefficient (Wildman–Crippen LogP) is 1.77. The normalized spacial score (nSPS) is 21.4. The third-order valence-electron chi connectivity index (χ3n) is 2.91. The molecule has 3 nitrogen and oxygen atoms in total. The van der Waals surface area contributed by atoms with Crippen molar-refractivity contribution in [2.24, 2.45) is 0 Å². The minimum absolute atomic E-state index is 0.307. The molecule has 2 N–H and O–H groups in total. The van der Waals surface area contributed by atoms with Crippen LogP contribution in [-0.4, -0.2) is 30.5 Å². The lowest BCUT2D eigenvalue weighted by atomic mass is 9.99. The maximum Gasteiger partial charge on any atom is 0.415 e. The zero-order valence-electron chi connectivity index (χ0n) is 9.57. The van der Waals surface area contributed by atoms with E-state index >= 15 is 0 Å². The minimum Gasteiger partial charge on any atom is -0.382 e. The number of ether oxygens (including phenoxy) is 1. The highest BCUT2D eigenvalue weighted by atomic mass is 19.4. The van der Waals surface area contributed by atoms with Crippen molar-refractivity contribution < 1.29 is 23.0 Å². The lowest BCUT2D eigenvalue weighted by Gasteiger charge is -2.27. The molecule has 2 rings (SSSR count). The number of aliphatic hydroxyl groups excluding tert-OH is 1. The number of nitrogens with one attached hydrogen (secondary N) is 1. The van der Waals surface area contributed by atoms with Gasteiger partial charge in [-0.3, -0.25) is 0 Å². The molecule has 100 valence electrons. The zero-order valence-corrected chi connectivity index (χ0v) is 9.57. The molecule has 0 aliphatic carbocycles. The highest BCUT2D eigenvalue weighted by Gasteiger charge is 2.38. The van der Waals surface area contributed by atoms with Gasteiger partial charge in [-0.25, -0.2) is 0 Å². The van der Waals surface area contributed by atoms with Gasteiger partial charge in [0.2, 0.25) is 0 Å². The Labute approximate surface area is 103 Å². The van der Waals surface area contributed by atoms with Gasteiger partial charge < -0.3 is 15.2 Å². The first-order valence-electron chi connectivity index (χ1n) is 5.62. The number of benzene rings is 1. The van der Waals surface area contributed by atoms with Crippen molar-refractivity contribution in [2.45, 2.75) is 24.9 Å². The van der Waals surface area contributed by atoms with Gasteiger partial charge in [0.25, 0.3) is 0 Å². The molecule has 0 bridgehead atoms. The number of halogens is 3. The Balaban J connectivity index is 2.00. The molecule has 1 aliphatic heterocycles. The number of hydrogen-bond donors (Lipinski definition) is 2. The fraction of sp³-hybridized carbons (Fsp3) is 0.500. The summed E-state index contributed by atoms with van der Waals surface area (Å²) >= 11 is 0. The van der Waals surface area contributed by atoms with Crippen molar-refractivity contribution in [1.29, 1.82) is 0 Å². The topological polar surface area (TPSA) is 41.5 Å². The van der Waals surface area contributed by atoms with E-state index in [1.807, 2.05) is 24.3 Å². The van der Waals surface area contributed by atoms with Crippen molar-refractivity contribution in [3.8, 4) is 0 Å². The van der Waals surface area contributed by atoms with Gasteiger partial charge in [0, 0.05) is 6.54 Å². The van der Waals surface area contributed by atoms with Gasteiger partial charge in [-0.05, 0) is 11.1 Å². The Morgan fingerprint density at radius 1 is 1.39 bits per heavy atom. The van der Waals surface area contributed by atoms with Crippen LogP contribution in [0.25, 0.3) is 0 Å². The van der Waals surface area contributed by atoms with Crippen LogP contribution < -0.4 is 5.32 Å². The molecule has 0 spiro atoms. The van der Waals surface area contributed by atoms with E-state index in [4.69, 9.17) is 9.84 Å². The van der Waals surface area contributed by atoms with Crippen LogP contribution >= 0.6 is 0 Å². The fourth-order valence-electron chi connectivity index (χ4n) is 1.92. The quantitative estimate of drug-likeness (QED) is 0.871. The second kappa shape index (κ2) is 5.26. The molecule has 6 heteroatoms. The number of rotatable bonds is 3. The molecule has 0 aromatic heterocycles. The maximum absolute atomic E-state index is 12.2. The first-order valence-corrected chi connectivity index (χ1v) is 5.62. The summed E-state index contributed by atoms with van der Waals surface area (Å²) in [5.74, 6) is 0. The molecule has 0 amide bonds. The second-order valence-corrected chi connectivity index (χ2v) is 4.23. The summed E-state index contributed by atoms with van der Waals surface area (Å²) in [5.41, 5.74) is 1.89. The molecule has 1 heterocycles. The molecule has 0 radical (unpaired) electrons. The highest BCUT2D eigenvalue weighted by molar-refractivity contribution is 5.31. The van der Waals surface area contributed by atoms with Crippen LogP contribution in [0.4, 0.5) is 13.2 Å². The predicted molar refractivity (Wildman–Crippen MR) is 58.9 cm³/mol. The molecule has 18 heavy (non-hydrogen) atoms. The number of alkyl halides is 3. The maximum atomic E-state index is 12.2. The first-order chi connectivity index (χ1) is 8.48. The minimum atomic E-state index is -4.60. The van der Waals surface area contributed by atoms with Gasteiger partial charge in [-0.1, -0.05) is 24.3 Å². The summed E-state index contributed by atoms with van der Waals surface area (Å²) in [7, 11) is 0.